The van der Waals surface area contributed by atoms with Crippen molar-refractivity contribution in [2.75, 3.05) is 6.61 Å². The lowest BCUT2D eigenvalue weighted by Crippen LogP contribution is -2.58. The van der Waals surface area contributed by atoms with E-state index >= 15 is 0 Å². The third-order valence-electron chi connectivity index (χ3n) is 9.81. The standard InChI is InChI=1S/C26H32F2O7/c1-24(27,28)22(31)34-21-17-4-13-5-18(21)9-25(6-13,8-17)23(32)33-12-19(29)35-26-7-14-2-15(10-26)20(30)16(3-14)11-26/h13-18,21H,2-12H2,1H3. The average molecular weight is 495 g/mol. The van der Waals surface area contributed by atoms with E-state index in [0.29, 0.717) is 50.7 Å². The van der Waals surface area contributed by atoms with E-state index in [1.807, 2.05) is 0 Å². The maximum atomic E-state index is 13.4. The largest absolute Gasteiger partial charge is 0.457 e. The smallest absolute Gasteiger partial charge is 0.376 e. The summed E-state index contributed by atoms with van der Waals surface area (Å²) in [5.74, 6) is -5.43. The summed E-state index contributed by atoms with van der Waals surface area (Å²) < 4.78 is 43.4. The van der Waals surface area contributed by atoms with Gasteiger partial charge in [-0.15, -0.1) is 0 Å². The molecule has 8 saturated carbocycles. The van der Waals surface area contributed by atoms with Gasteiger partial charge >= 0.3 is 23.8 Å². The van der Waals surface area contributed by atoms with Crippen LogP contribution >= 0.6 is 0 Å². The van der Waals surface area contributed by atoms with Gasteiger partial charge in [0.2, 0.25) is 0 Å². The number of esters is 3. The highest BCUT2D eigenvalue weighted by atomic mass is 19.3. The highest BCUT2D eigenvalue weighted by Gasteiger charge is 2.61. The van der Waals surface area contributed by atoms with Crippen LogP contribution in [0, 0.1) is 40.9 Å². The Morgan fingerprint density at radius 1 is 0.914 bits per heavy atom. The third kappa shape index (κ3) is 3.88. The second-order valence-corrected chi connectivity index (χ2v) is 12.5. The summed E-state index contributed by atoms with van der Waals surface area (Å²) >= 11 is 0. The van der Waals surface area contributed by atoms with E-state index in [9.17, 15) is 28.0 Å². The topological polar surface area (TPSA) is 96.0 Å². The van der Waals surface area contributed by atoms with Crippen LogP contribution in [0.2, 0.25) is 0 Å². The number of carbonyl (C=O) groups is 4. The Bertz CT molecular complexity index is 937. The molecule has 0 radical (unpaired) electrons. The van der Waals surface area contributed by atoms with Crippen LogP contribution in [0.15, 0.2) is 0 Å². The van der Waals surface area contributed by atoms with Gasteiger partial charge in [-0.1, -0.05) is 0 Å². The maximum Gasteiger partial charge on any atom is 0.376 e. The molecular weight excluding hydrogens is 462 g/mol. The van der Waals surface area contributed by atoms with E-state index in [1.165, 1.54) is 0 Å². The number of rotatable bonds is 6. The van der Waals surface area contributed by atoms with E-state index in [0.717, 1.165) is 32.1 Å². The van der Waals surface area contributed by atoms with Gasteiger partial charge in [-0.3, -0.25) is 9.59 Å². The zero-order chi connectivity index (χ0) is 24.8. The first-order chi connectivity index (χ1) is 16.5. The molecule has 0 saturated heterocycles. The zero-order valence-electron chi connectivity index (χ0n) is 19.9. The molecule has 0 aromatic heterocycles. The first-order valence-electron chi connectivity index (χ1n) is 13.0. The van der Waals surface area contributed by atoms with Crippen molar-refractivity contribution in [3.05, 3.63) is 0 Å². The molecule has 9 heteroatoms. The van der Waals surface area contributed by atoms with Crippen LogP contribution in [0.1, 0.15) is 71.1 Å². The minimum absolute atomic E-state index is 0.0154. The fourth-order valence-electron chi connectivity index (χ4n) is 9.00. The summed E-state index contributed by atoms with van der Waals surface area (Å²) in [6, 6.07) is 0. The van der Waals surface area contributed by atoms with Crippen molar-refractivity contribution < 1.29 is 42.2 Å². The molecule has 35 heavy (non-hydrogen) atoms. The van der Waals surface area contributed by atoms with Gasteiger partial charge in [-0.25, -0.2) is 9.59 Å². The Kier molecular flexibility index (Phi) is 5.15. The normalized spacial score (nSPS) is 44.9. The minimum atomic E-state index is -3.55. The second kappa shape index (κ2) is 7.72. The fourth-order valence-corrected chi connectivity index (χ4v) is 9.00. The lowest BCUT2D eigenvalue weighted by molar-refractivity contribution is -0.210. The number of carbonyl (C=O) groups excluding carboxylic acids is 4. The molecule has 0 aromatic rings. The summed E-state index contributed by atoms with van der Waals surface area (Å²) in [5.41, 5.74) is -1.37. The number of alkyl halides is 2. The van der Waals surface area contributed by atoms with Gasteiger partial charge < -0.3 is 14.2 Å². The Hall–Kier alpha value is -2.06. The van der Waals surface area contributed by atoms with Gasteiger partial charge in [-0.2, -0.15) is 8.78 Å². The van der Waals surface area contributed by atoms with Gasteiger partial charge in [0.25, 0.3) is 0 Å². The van der Waals surface area contributed by atoms with Crippen molar-refractivity contribution in [1.82, 2.24) is 0 Å². The van der Waals surface area contributed by atoms with Crippen LogP contribution in [0.5, 0.6) is 0 Å². The predicted molar refractivity (Wildman–Crippen MR) is 115 cm³/mol. The molecule has 8 rings (SSSR count). The fraction of sp³-hybridized carbons (Fsp3) is 0.846. The van der Waals surface area contributed by atoms with Crippen LogP contribution in [0.25, 0.3) is 0 Å². The van der Waals surface area contributed by atoms with Crippen LogP contribution in [0.4, 0.5) is 8.78 Å². The van der Waals surface area contributed by atoms with Crippen molar-refractivity contribution in [2.24, 2.45) is 40.9 Å². The first kappa shape index (κ1) is 23.3. The molecule has 8 fully saturated rings. The SMILES string of the molecule is CC(F)(F)C(=O)OC1C2CC3CC1CC(C(=O)OCC(=O)OC14CC5CC(C1)C(=O)C(C5)C4)(C3)C2. The Morgan fingerprint density at radius 3 is 2.11 bits per heavy atom. The number of ether oxygens (including phenoxy) is 3. The van der Waals surface area contributed by atoms with E-state index in [2.05, 4.69) is 0 Å². The average Bonchev–Trinajstić information content (AvgIpc) is 2.76. The summed E-state index contributed by atoms with van der Waals surface area (Å²) in [7, 11) is 0. The van der Waals surface area contributed by atoms with Crippen molar-refractivity contribution in [1.29, 1.82) is 0 Å². The zero-order valence-corrected chi connectivity index (χ0v) is 19.9. The first-order valence-corrected chi connectivity index (χ1v) is 13.0. The molecule has 8 bridgehead atoms. The van der Waals surface area contributed by atoms with Gasteiger partial charge in [-0.05, 0) is 87.9 Å². The molecule has 0 aromatic carbocycles. The van der Waals surface area contributed by atoms with Gasteiger partial charge in [0.05, 0.1) is 5.41 Å². The Labute approximate surface area is 202 Å². The molecule has 0 heterocycles. The Morgan fingerprint density at radius 2 is 1.51 bits per heavy atom. The maximum absolute atomic E-state index is 13.4. The van der Waals surface area contributed by atoms with E-state index in [1.54, 1.807) is 0 Å². The number of ketones is 1. The molecule has 4 unspecified atom stereocenters. The van der Waals surface area contributed by atoms with E-state index in [4.69, 9.17) is 14.2 Å². The summed E-state index contributed by atoms with van der Waals surface area (Å²) in [6.45, 7) is 0.0708. The molecule has 8 aliphatic rings. The van der Waals surface area contributed by atoms with Gasteiger partial charge in [0.1, 0.15) is 17.5 Å². The van der Waals surface area contributed by atoms with Crippen molar-refractivity contribution >= 4 is 23.7 Å². The summed E-state index contributed by atoms with van der Waals surface area (Å²) in [5, 5.41) is 0. The van der Waals surface area contributed by atoms with Gasteiger partial charge in [0, 0.05) is 18.8 Å². The molecule has 4 atom stereocenters. The molecule has 0 spiro atoms. The molecule has 8 aliphatic carbocycles. The molecule has 192 valence electrons. The minimum Gasteiger partial charge on any atom is -0.457 e. The summed E-state index contributed by atoms with van der Waals surface area (Å²) in [4.78, 5) is 50.1. The van der Waals surface area contributed by atoms with Crippen LogP contribution in [-0.4, -0.2) is 47.9 Å². The molecule has 0 aliphatic heterocycles. The number of hydrogen-bond acceptors (Lipinski definition) is 7. The number of Topliss-reactive ketones (excluding diaryl/α,β-unsaturated/α-hetero) is 1. The number of halogens is 2. The monoisotopic (exact) mass is 494 g/mol. The number of hydrogen-bond donors (Lipinski definition) is 0. The highest BCUT2D eigenvalue weighted by molar-refractivity contribution is 5.86. The van der Waals surface area contributed by atoms with Crippen LogP contribution in [0.3, 0.4) is 0 Å². The van der Waals surface area contributed by atoms with Crippen molar-refractivity contribution in [2.45, 2.75) is 88.8 Å². The molecular formula is C26H32F2O7. The molecule has 0 N–H and O–H groups in total. The van der Waals surface area contributed by atoms with Crippen molar-refractivity contribution in [3.8, 4) is 0 Å². The third-order valence-corrected chi connectivity index (χ3v) is 9.81. The molecule has 0 amide bonds. The molecule has 7 nitrogen and oxygen atoms in total. The Balaban J connectivity index is 1.06. The van der Waals surface area contributed by atoms with E-state index < -0.39 is 47.6 Å². The summed E-state index contributed by atoms with van der Waals surface area (Å²) in [6.07, 6.45) is 6.06. The van der Waals surface area contributed by atoms with Gasteiger partial charge in [0.15, 0.2) is 6.61 Å². The second-order valence-electron chi connectivity index (χ2n) is 12.5. The quantitative estimate of drug-likeness (QED) is 0.411. The van der Waals surface area contributed by atoms with Crippen molar-refractivity contribution in [3.63, 3.8) is 0 Å². The van der Waals surface area contributed by atoms with Crippen LogP contribution in [-0.2, 0) is 33.4 Å². The lowest BCUT2D eigenvalue weighted by atomic mass is 9.48. The predicted octanol–water partition coefficient (Wildman–Crippen LogP) is 3.61. The van der Waals surface area contributed by atoms with E-state index in [-0.39, 0.29) is 29.6 Å². The van der Waals surface area contributed by atoms with Crippen LogP contribution < -0.4 is 0 Å². The lowest BCUT2D eigenvalue weighted by Gasteiger charge is -2.57. The highest BCUT2D eigenvalue weighted by Crippen LogP contribution is 2.61.